The van der Waals surface area contributed by atoms with Crippen LogP contribution in [0.25, 0.3) is 0 Å². The van der Waals surface area contributed by atoms with E-state index in [1.165, 1.54) is 0 Å². The molecule has 0 spiro atoms. The Hall–Kier alpha value is -1.11. The van der Waals surface area contributed by atoms with Crippen LogP contribution in [0.5, 0.6) is 0 Å². The lowest BCUT2D eigenvalue weighted by Crippen LogP contribution is -2.07. The molecular weight excluding hydrogens is 159 g/mol. The van der Waals surface area contributed by atoms with Crippen molar-refractivity contribution in [2.24, 2.45) is 0 Å². The minimum Gasteiger partial charge on any atom is -0.402 e. The Morgan fingerprint density at radius 3 is 2.17 bits per heavy atom. The van der Waals surface area contributed by atoms with Crippen LogP contribution in [0, 0.1) is 0 Å². The Bertz CT molecular complexity index is 192. The Balaban J connectivity index is 0.000000261. The van der Waals surface area contributed by atoms with E-state index in [1.54, 1.807) is 6.20 Å². The molecule has 0 amide bonds. The van der Waals surface area contributed by atoms with Gasteiger partial charge in [-0.15, -0.1) is 0 Å². The Kier molecular flexibility index (Phi) is 5.99. The van der Waals surface area contributed by atoms with Gasteiger partial charge in [-0.3, -0.25) is 0 Å². The third-order valence-corrected chi connectivity index (χ3v) is 0.921. The van der Waals surface area contributed by atoms with Crippen molar-refractivity contribution >= 4 is 13.1 Å². The van der Waals surface area contributed by atoms with Crippen molar-refractivity contribution < 1.29 is 15.1 Å². The van der Waals surface area contributed by atoms with Gasteiger partial charge >= 0.3 is 7.32 Å². The first-order valence-electron chi connectivity index (χ1n) is 3.30. The van der Waals surface area contributed by atoms with Crippen LogP contribution in [0.1, 0.15) is 0 Å². The van der Waals surface area contributed by atoms with Crippen molar-refractivity contribution in [3.63, 3.8) is 0 Å². The molecule has 1 aromatic rings. The molecule has 6 heteroatoms. The zero-order valence-corrected chi connectivity index (χ0v) is 6.68. The summed E-state index contributed by atoms with van der Waals surface area (Å²) in [7, 11) is -0.317. The molecule has 66 valence electrons. The summed E-state index contributed by atoms with van der Waals surface area (Å²) in [6.07, 6.45) is 1.76. The lowest BCUT2D eigenvalue weighted by Gasteiger charge is -1.92. The van der Waals surface area contributed by atoms with Crippen LogP contribution in [0.15, 0.2) is 24.4 Å². The number of nitrogens with one attached hydrogen (secondary N) is 1. The predicted molar refractivity (Wildman–Crippen MR) is 46.2 cm³/mol. The van der Waals surface area contributed by atoms with Crippen molar-refractivity contribution in [2.75, 3.05) is 12.4 Å². The lowest BCUT2D eigenvalue weighted by atomic mass is 10.3. The number of nitrogens with zero attached hydrogens (tertiary/aromatic N) is 1. The van der Waals surface area contributed by atoms with E-state index in [0.29, 0.717) is 0 Å². The molecule has 0 saturated carbocycles. The average Bonchev–Trinajstić information content (AvgIpc) is 2.05. The van der Waals surface area contributed by atoms with E-state index in [2.05, 4.69) is 10.3 Å². The van der Waals surface area contributed by atoms with Gasteiger partial charge in [-0.1, -0.05) is 6.07 Å². The van der Waals surface area contributed by atoms with Crippen LogP contribution in [0.2, 0.25) is 0 Å². The summed E-state index contributed by atoms with van der Waals surface area (Å²) in [5, 5.41) is 24.4. The summed E-state index contributed by atoms with van der Waals surface area (Å²) in [4.78, 5) is 3.99. The van der Waals surface area contributed by atoms with Crippen molar-refractivity contribution in [2.45, 2.75) is 0 Å². The first-order chi connectivity index (χ1) is 5.66. The van der Waals surface area contributed by atoms with Crippen LogP contribution in [-0.2, 0) is 0 Å². The molecule has 12 heavy (non-hydrogen) atoms. The predicted octanol–water partition coefficient (Wildman–Crippen LogP) is -0.929. The van der Waals surface area contributed by atoms with Gasteiger partial charge in [-0.25, -0.2) is 4.98 Å². The fraction of sp³-hybridized carbons (Fsp3) is 0.167. The number of anilines is 1. The zero-order chi connectivity index (χ0) is 9.40. The van der Waals surface area contributed by atoms with E-state index < -0.39 is 7.32 Å². The molecule has 0 aliphatic heterocycles. The van der Waals surface area contributed by atoms with Crippen LogP contribution < -0.4 is 5.32 Å². The first-order valence-corrected chi connectivity index (χ1v) is 3.30. The maximum Gasteiger partial charge on any atom is 0.631 e. The normalized spacial score (nSPS) is 8.00. The summed E-state index contributed by atoms with van der Waals surface area (Å²) < 4.78 is 0. The molecule has 0 aliphatic rings. The van der Waals surface area contributed by atoms with Crippen molar-refractivity contribution in [3.8, 4) is 0 Å². The van der Waals surface area contributed by atoms with Crippen LogP contribution in [-0.4, -0.2) is 34.4 Å². The van der Waals surface area contributed by atoms with Crippen molar-refractivity contribution in [1.82, 2.24) is 4.98 Å². The van der Waals surface area contributed by atoms with Gasteiger partial charge in [0.15, 0.2) is 0 Å². The Labute approximate surface area is 70.9 Å². The highest BCUT2D eigenvalue weighted by Crippen LogP contribution is 1.95. The standard InChI is InChI=1S/C6H8N2.BH3O3/c1-7-6-4-2-3-5-8-6;2-1(3)4/h2-5H,1H3,(H,7,8);2-4H. The fourth-order valence-corrected chi connectivity index (χ4v) is 0.511. The highest BCUT2D eigenvalue weighted by Gasteiger charge is 1.92. The highest BCUT2D eigenvalue weighted by molar-refractivity contribution is 6.30. The minimum atomic E-state index is -2.17. The van der Waals surface area contributed by atoms with Gasteiger partial charge < -0.3 is 20.4 Å². The number of hydrogen-bond acceptors (Lipinski definition) is 5. The molecule has 0 bridgehead atoms. The van der Waals surface area contributed by atoms with E-state index in [0.717, 1.165) is 5.82 Å². The monoisotopic (exact) mass is 170 g/mol. The first kappa shape index (κ1) is 10.9. The third-order valence-electron chi connectivity index (χ3n) is 0.921. The Morgan fingerprint density at radius 2 is 1.92 bits per heavy atom. The fourth-order valence-electron chi connectivity index (χ4n) is 0.511. The van der Waals surface area contributed by atoms with Gasteiger partial charge in [0.05, 0.1) is 0 Å². The van der Waals surface area contributed by atoms with Crippen molar-refractivity contribution in [3.05, 3.63) is 24.4 Å². The van der Waals surface area contributed by atoms with E-state index >= 15 is 0 Å². The van der Waals surface area contributed by atoms with Gasteiger partial charge in [-0.05, 0) is 12.1 Å². The van der Waals surface area contributed by atoms with E-state index in [4.69, 9.17) is 15.1 Å². The van der Waals surface area contributed by atoms with E-state index in [9.17, 15) is 0 Å². The van der Waals surface area contributed by atoms with Crippen molar-refractivity contribution in [1.29, 1.82) is 0 Å². The topological polar surface area (TPSA) is 85.6 Å². The van der Waals surface area contributed by atoms with E-state index in [1.807, 2.05) is 25.2 Å². The SMILES string of the molecule is CNc1ccccn1.OB(O)O. The number of aromatic nitrogens is 1. The largest absolute Gasteiger partial charge is 0.631 e. The molecular formula is C6H11BN2O3. The molecule has 1 rings (SSSR count). The molecule has 1 heterocycles. The van der Waals surface area contributed by atoms with Crippen LogP contribution in [0.3, 0.4) is 0 Å². The van der Waals surface area contributed by atoms with Gasteiger partial charge in [-0.2, -0.15) is 0 Å². The summed E-state index contributed by atoms with van der Waals surface area (Å²) in [5.74, 6) is 0.910. The molecule has 0 aromatic carbocycles. The maximum absolute atomic E-state index is 7.17. The second kappa shape index (κ2) is 6.60. The zero-order valence-electron chi connectivity index (χ0n) is 6.68. The molecule has 0 atom stereocenters. The second-order valence-electron chi connectivity index (χ2n) is 1.81. The van der Waals surface area contributed by atoms with Gasteiger partial charge in [0, 0.05) is 13.2 Å². The quantitative estimate of drug-likeness (QED) is 0.409. The number of hydrogen-bond donors (Lipinski definition) is 4. The second-order valence-corrected chi connectivity index (χ2v) is 1.81. The minimum absolute atomic E-state index is 0.910. The summed E-state index contributed by atoms with van der Waals surface area (Å²) >= 11 is 0. The lowest BCUT2D eigenvalue weighted by molar-refractivity contribution is 0.278. The maximum atomic E-state index is 7.17. The van der Waals surface area contributed by atoms with Gasteiger partial charge in [0.25, 0.3) is 0 Å². The molecule has 0 fully saturated rings. The molecule has 5 nitrogen and oxygen atoms in total. The molecule has 4 N–H and O–H groups in total. The third kappa shape index (κ3) is 7.01. The smallest absolute Gasteiger partial charge is 0.402 e. The Morgan fingerprint density at radius 1 is 1.33 bits per heavy atom. The van der Waals surface area contributed by atoms with Crippen LogP contribution >= 0.6 is 0 Å². The van der Waals surface area contributed by atoms with Gasteiger partial charge in [0.1, 0.15) is 5.82 Å². The van der Waals surface area contributed by atoms with Gasteiger partial charge in [0.2, 0.25) is 0 Å². The molecule has 0 unspecified atom stereocenters. The molecule has 0 saturated heterocycles. The number of pyridine rings is 1. The summed E-state index contributed by atoms with van der Waals surface area (Å²) in [6, 6.07) is 5.75. The molecule has 0 radical (unpaired) electrons. The average molecular weight is 170 g/mol. The highest BCUT2D eigenvalue weighted by atomic mass is 16.5. The summed E-state index contributed by atoms with van der Waals surface area (Å²) in [5.41, 5.74) is 0. The molecule has 0 aliphatic carbocycles. The molecule has 1 aromatic heterocycles. The van der Waals surface area contributed by atoms with E-state index in [-0.39, 0.29) is 0 Å². The number of rotatable bonds is 1. The summed E-state index contributed by atoms with van der Waals surface area (Å²) in [6.45, 7) is 0. The van der Waals surface area contributed by atoms with Crippen LogP contribution in [0.4, 0.5) is 5.82 Å².